The number of halogens is 5. The van der Waals surface area contributed by atoms with Crippen molar-refractivity contribution in [1.82, 2.24) is 0 Å². The lowest BCUT2D eigenvalue weighted by molar-refractivity contribution is -0.137. The molecule has 0 aliphatic rings. The summed E-state index contributed by atoms with van der Waals surface area (Å²) in [5, 5.41) is 3.07. The fraction of sp³-hybridized carbons (Fsp3) is 0.133. The number of hydrogen-bond acceptors (Lipinski definition) is 1. The molecule has 0 amide bonds. The second kappa shape index (κ2) is 7.27. The maximum atomic E-state index is 12.7. The largest absolute Gasteiger partial charge is 0.416 e. The van der Waals surface area contributed by atoms with E-state index in [0.717, 1.165) is 25.9 Å². The molecule has 1 N–H and O–H groups in total. The number of benzene rings is 2. The zero-order valence-corrected chi connectivity index (χ0v) is 15.6. The third-order valence-electron chi connectivity index (χ3n) is 2.82. The Morgan fingerprint density at radius 2 is 1.91 bits per heavy atom. The number of alkyl halides is 3. The van der Waals surface area contributed by atoms with Crippen molar-refractivity contribution in [2.75, 3.05) is 5.32 Å². The molecule has 0 aliphatic carbocycles. The van der Waals surface area contributed by atoms with Crippen molar-refractivity contribution in [3.63, 3.8) is 0 Å². The molecular formula is C15H10BrF3INS. The van der Waals surface area contributed by atoms with Crippen molar-refractivity contribution in [3.05, 3.63) is 61.6 Å². The molecule has 0 radical (unpaired) electrons. The first-order valence-electron chi connectivity index (χ1n) is 6.17. The van der Waals surface area contributed by atoms with Crippen molar-refractivity contribution in [2.24, 2.45) is 0 Å². The Labute approximate surface area is 153 Å². The Hall–Kier alpha value is -0.670. The molecule has 116 valence electrons. The summed E-state index contributed by atoms with van der Waals surface area (Å²) in [5.74, 6) is 0. The Bertz CT molecular complexity index is 703. The average Bonchev–Trinajstić information content (AvgIpc) is 2.41. The minimum absolute atomic E-state index is 0.255. The summed E-state index contributed by atoms with van der Waals surface area (Å²) in [4.78, 5) is 0.472. The Morgan fingerprint density at radius 1 is 1.18 bits per heavy atom. The summed E-state index contributed by atoms with van der Waals surface area (Å²) in [6.07, 6.45) is -4.09. The van der Waals surface area contributed by atoms with Crippen molar-refractivity contribution >= 4 is 61.4 Å². The van der Waals surface area contributed by atoms with Crippen LogP contribution in [-0.2, 0) is 12.6 Å². The highest BCUT2D eigenvalue weighted by atomic mass is 127. The van der Waals surface area contributed by atoms with Crippen molar-refractivity contribution < 1.29 is 13.2 Å². The van der Waals surface area contributed by atoms with Gasteiger partial charge in [-0.25, -0.2) is 0 Å². The van der Waals surface area contributed by atoms with Crippen LogP contribution in [0.4, 0.5) is 18.9 Å². The van der Waals surface area contributed by atoms with Gasteiger partial charge in [0.2, 0.25) is 0 Å². The number of rotatable bonds is 3. The molecule has 7 heteroatoms. The van der Waals surface area contributed by atoms with E-state index in [4.69, 9.17) is 12.2 Å². The monoisotopic (exact) mass is 499 g/mol. The second-order valence-corrected chi connectivity index (χ2v) is 7.12. The fourth-order valence-electron chi connectivity index (χ4n) is 1.83. The predicted octanol–water partition coefficient (Wildman–Crippen LogP) is 6.05. The Kier molecular flexibility index (Phi) is 5.84. The van der Waals surface area contributed by atoms with Gasteiger partial charge in [0.1, 0.15) is 0 Å². The van der Waals surface area contributed by atoms with E-state index in [0.29, 0.717) is 10.6 Å². The van der Waals surface area contributed by atoms with E-state index in [2.05, 4.69) is 43.8 Å². The van der Waals surface area contributed by atoms with Gasteiger partial charge in [0.15, 0.2) is 0 Å². The smallest absolute Gasteiger partial charge is 0.349 e. The molecule has 0 fully saturated rings. The van der Waals surface area contributed by atoms with Gasteiger partial charge in [0.25, 0.3) is 0 Å². The summed E-state index contributed by atoms with van der Waals surface area (Å²) in [7, 11) is 0. The van der Waals surface area contributed by atoms with E-state index in [1.54, 1.807) is 6.07 Å². The van der Waals surface area contributed by atoms with Gasteiger partial charge in [-0.1, -0.05) is 46.3 Å². The highest BCUT2D eigenvalue weighted by molar-refractivity contribution is 14.1. The van der Waals surface area contributed by atoms with E-state index in [1.165, 1.54) is 6.07 Å². The molecule has 0 aliphatic heterocycles. The molecule has 0 unspecified atom stereocenters. The minimum Gasteiger partial charge on any atom is -0.349 e. The van der Waals surface area contributed by atoms with Gasteiger partial charge < -0.3 is 5.32 Å². The van der Waals surface area contributed by atoms with Crippen LogP contribution in [0.2, 0.25) is 0 Å². The average molecular weight is 500 g/mol. The van der Waals surface area contributed by atoms with Crippen LogP contribution in [0.15, 0.2) is 46.9 Å². The maximum absolute atomic E-state index is 12.7. The van der Waals surface area contributed by atoms with E-state index >= 15 is 0 Å². The topological polar surface area (TPSA) is 12.0 Å². The third-order valence-corrected chi connectivity index (χ3v) is 4.46. The van der Waals surface area contributed by atoms with E-state index in [1.807, 2.05) is 18.2 Å². The second-order valence-electron chi connectivity index (χ2n) is 4.55. The van der Waals surface area contributed by atoms with Gasteiger partial charge in [0.05, 0.1) is 16.2 Å². The fourth-order valence-corrected chi connectivity index (χ4v) is 3.54. The summed E-state index contributed by atoms with van der Waals surface area (Å²) >= 11 is 10.8. The highest BCUT2D eigenvalue weighted by Gasteiger charge is 2.30. The van der Waals surface area contributed by atoms with Gasteiger partial charge in [0, 0.05) is 14.5 Å². The molecule has 2 rings (SSSR count). The lowest BCUT2D eigenvalue weighted by atomic mass is 10.1. The number of anilines is 1. The number of hydrogen-bond donors (Lipinski definition) is 1. The lowest BCUT2D eigenvalue weighted by Gasteiger charge is -2.12. The lowest BCUT2D eigenvalue weighted by Crippen LogP contribution is -2.14. The standard InChI is InChI=1S/C15H10BrF3INS/c16-11-4-5-13(12(20)8-11)21-14(22)7-9-2-1-3-10(6-9)15(17,18)19/h1-6,8H,7H2,(H,21,22). The molecule has 2 aromatic carbocycles. The summed E-state index contributed by atoms with van der Waals surface area (Å²) in [5.41, 5.74) is 0.700. The SMILES string of the molecule is FC(F)(F)c1cccc(CC(=S)Nc2ccc(Br)cc2I)c1. The first-order chi connectivity index (χ1) is 10.3. The zero-order valence-electron chi connectivity index (χ0n) is 11.0. The molecule has 2 aromatic rings. The summed E-state index contributed by atoms with van der Waals surface area (Å²) < 4.78 is 40.0. The van der Waals surface area contributed by atoms with Crippen LogP contribution in [0.1, 0.15) is 11.1 Å². The highest BCUT2D eigenvalue weighted by Crippen LogP contribution is 2.30. The van der Waals surface area contributed by atoms with E-state index in [9.17, 15) is 13.2 Å². The molecule has 0 atom stereocenters. The number of thiocarbonyl (C=S) groups is 1. The van der Waals surface area contributed by atoms with Crippen LogP contribution < -0.4 is 5.32 Å². The minimum atomic E-state index is -4.34. The van der Waals surface area contributed by atoms with Crippen LogP contribution in [0.25, 0.3) is 0 Å². The summed E-state index contributed by atoms with van der Waals surface area (Å²) in [6.45, 7) is 0. The number of nitrogens with one attached hydrogen (secondary N) is 1. The Morgan fingerprint density at radius 3 is 2.55 bits per heavy atom. The molecule has 0 saturated heterocycles. The van der Waals surface area contributed by atoms with Crippen molar-refractivity contribution in [1.29, 1.82) is 0 Å². The van der Waals surface area contributed by atoms with Crippen LogP contribution >= 0.6 is 50.7 Å². The van der Waals surface area contributed by atoms with Crippen LogP contribution in [0, 0.1) is 3.57 Å². The predicted molar refractivity (Wildman–Crippen MR) is 98.2 cm³/mol. The first-order valence-corrected chi connectivity index (χ1v) is 8.45. The molecule has 0 bridgehead atoms. The van der Waals surface area contributed by atoms with Gasteiger partial charge in [-0.3, -0.25) is 0 Å². The van der Waals surface area contributed by atoms with Gasteiger partial charge >= 0.3 is 6.18 Å². The van der Waals surface area contributed by atoms with Crippen LogP contribution in [-0.4, -0.2) is 4.99 Å². The first kappa shape index (κ1) is 17.7. The molecule has 22 heavy (non-hydrogen) atoms. The molecule has 1 nitrogen and oxygen atoms in total. The van der Waals surface area contributed by atoms with Crippen molar-refractivity contribution in [3.8, 4) is 0 Å². The molecule has 0 spiro atoms. The summed E-state index contributed by atoms with van der Waals surface area (Å²) in [6, 6.07) is 10.9. The molecule has 0 saturated carbocycles. The van der Waals surface area contributed by atoms with Crippen LogP contribution in [0.3, 0.4) is 0 Å². The zero-order chi connectivity index (χ0) is 16.3. The quantitative estimate of drug-likeness (QED) is 0.407. The van der Waals surface area contributed by atoms with Gasteiger partial charge in [-0.2, -0.15) is 13.2 Å². The van der Waals surface area contributed by atoms with E-state index in [-0.39, 0.29) is 6.42 Å². The maximum Gasteiger partial charge on any atom is 0.416 e. The Balaban J connectivity index is 2.09. The van der Waals surface area contributed by atoms with Crippen LogP contribution in [0.5, 0.6) is 0 Å². The third kappa shape index (κ3) is 4.92. The van der Waals surface area contributed by atoms with Gasteiger partial charge in [-0.05, 0) is 52.4 Å². The van der Waals surface area contributed by atoms with Gasteiger partial charge in [-0.15, -0.1) is 0 Å². The van der Waals surface area contributed by atoms with Crippen molar-refractivity contribution in [2.45, 2.75) is 12.6 Å². The van der Waals surface area contributed by atoms with E-state index < -0.39 is 11.7 Å². The molecule has 0 aromatic heterocycles. The molecular weight excluding hydrogens is 490 g/mol. The normalized spacial score (nSPS) is 11.3. The molecule has 0 heterocycles.